The maximum atomic E-state index is 11.7. The fourth-order valence-electron chi connectivity index (χ4n) is 1.47. The summed E-state index contributed by atoms with van der Waals surface area (Å²) in [6.45, 7) is 2.23. The topological polar surface area (TPSA) is 69.6 Å². The van der Waals surface area contributed by atoms with Crippen LogP contribution >= 0.6 is 0 Å². The van der Waals surface area contributed by atoms with Crippen LogP contribution in [0.15, 0.2) is 24.3 Å². The van der Waals surface area contributed by atoms with Crippen molar-refractivity contribution in [1.29, 1.82) is 0 Å². The second-order valence-electron chi connectivity index (χ2n) is 4.47. The molecule has 0 unspecified atom stereocenters. The number of nitrogens with zero attached hydrogens (tertiary/aromatic N) is 1. The molecule has 5 nitrogen and oxygen atoms in total. The molecule has 0 radical (unpaired) electrons. The molecular weight excluding hydrogens is 232 g/mol. The van der Waals surface area contributed by atoms with Gasteiger partial charge in [-0.05, 0) is 38.7 Å². The van der Waals surface area contributed by atoms with Crippen molar-refractivity contribution in [2.45, 2.75) is 19.5 Å². The quantitative estimate of drug-likeness (QED) is 0.816. The van der Waals surface area contributed by atoms with E-state index in [4.69, 9.17) is 5.11 Å². The summed E-state index contributed by atoms with van der Waals surface area (Å²) in [5.74, 6) is -1.42. The highest BCUT2D eigenvalue weighted by molar-refractivity contribution is 5.96. The molecule has 18 heavy (non-hydrogen) atoms. The van der Waals surface area contributed by atoms with E-state index in [0.717, 1.165) is 12.1 Å². The van der Waals surface area contributed by atoms with Crippen molar-refractivity contribution in [3.05, 3.63) is 35.4 Å². The van der Waals surface area contributed by atoms with Gasteiger partial charge in [-0.1, -0.05) is 12.1 Å². The Kier molecular flexibility index (Phi) is 4.85. The molecule has 0 heterocycles. The minimum Gasteiger partial charge on any atom is -0.480 e. The van der Waals surface area contributed by atoms with E-state index in [1.807, 2.05) is 31.1 Å². The van der Waals surface area contributed by atoms with Gasteiger partial charge in [0, 0.05) is 12.1 Å². The number of rotatable bonds is 5. The predicted octanol–water partition coefficient (Wildman–Crippen LogP) is 0.951. The van der Waals surface area contributed by atoms with Gasteiger partial charge in [-0.25, -0.2) is 0 Å². The molecule has 98 valence electrons. The van der Waals surface area contributed by atoms with Crippen molar-refractivity contribution >= 4 is 11.9 Å². The number of hydrogen-bond acceptors (Lipinski definition) is 3. The maximum absolute atomic E-state index is 11.7. The van der Waals surface area contributed by atoms with Gasteiger partial charge in [0.15, 0.2) is 0 Å². The molecule has 0 aliphatic heterocycles. The van der Waals surface area contributed by atoms with Crippen LogP contribution in [-0.2, 0) is 11.3 Å². The van der Waals surface area contributed by atoms with Crippen LogP contribution in [0, 0.1) is 0 Å². The van der Waals surface area contributed by atoms with Crippen LogP contribution in [0.4, 0.5) is 0 Å². The molecule has 1 atom stereocenters. The van der Waals surface area contributed by atoms with E-state index < -0.39 is 12.0 Å². The van der Waals surface area contributed by atoms with E-state index in [9.17, 15) is 9.59 Å². The number of amides is 1. The zero-order valence-electron chi connectivity index (χ0n) is 10.8. The van der Waals surface area contributed by atoms with Gasteiger partial charge in [-0.15, -0.1) is 0 Å². The first-order valence-electron chi connectivity index (χ1n) is 5.67. The summed E-state index contributed by atoms with van der Waals surface area (Å²) >= 11 is 0. The standard InChI is InChI=1S/C13H18N2O3/c1-9(13(17)18)14-12(16)11-6-4-10(5-7-11)8-15(2)3/h4-7,9H,8H2,1-3H3,(H,14,16)(H,17,18)/t9-/m0/s1. The van der Waals surface area contributed by atoms with E-state index in [0.29, 0.717) is 5.56 Å². The predicted molar refractivity (Wildman–Crippen MR) is 68.4 cm³/mol. The lowest BCUT2D eigenvalue weighted by Gasteiger charge is -2.11. The number of carbonyl (C=O) groups is 2. The second-order valence-corrected chi connectivity index (χ2v) is 4.47. The number of carboxylic acid groups (broad SMARTS) is 1. The maximum Gasteiger partial charge on any atom is 0.325 e. The van der Waals surface area contributed by atoms with Gasteiger partial charge in [-0.3, -0.25) is 9.59 Å². The van der Waals surface area contributed by atoms with E-state index in [1.54, 1.807) is 12.1 Å². The van der Waals surface area contributed by atoms with Gasteiger partial charge < -0.3 is 15.3 Å². The number of hydrogen-bond donors (Lipinski definition) is 2. The number of benzene rings is 1. The van der Waals surface area contributed by atoms with Gasteiger partial charge in [0.2, 0.25) is 0 Å². The van der Waals surface area contributed by atoms with E-state index in [1.165, 1.54) is 6.92 Å². The summed E-state index contributed by atoms with van der Waals surface area (Å²) in [5, 5.41) is 11.1. The van der Waals surface area contributed by atoms with Gasteiger partial charge in [0.25, 0.3) is 5.91 Å². The largest absolute Gasteiger partial charge is 0.480 e. The zero-order chi connectivity index (χ0) is 13.7. The molecule has 1 rings (SSSR count). The van der Waals surface area contributed by atoms with Crippen molar-refractivity contribution in [2.75, 3.05) is 14.1 Å². The minimum absolute atomic E-state index is 0.374. The summed E-state index contributed by atoms with van der Waals surface area (Å²) in [4.78, 5) is 24.4. The molecule has 0 aliphatic rings. The lowest BCUT2D eigenvalue weighted by atomic mass is 10.1. The molecule has 5 heteroatoms. The van der Waals surface area contributed by atoms with Gasteiger partial charge in [0.1, 0.15) is 6.04 Å². The normalized spacial score (nSPS) is 12.2. The third-order valence-electron chi connectivity index (χ3n) is 2.43. The Balaban J connectivity index is 2.67. The average Bonchev–Trinajstić information content (AvgIpc) is 2.28. The summed E-state index contributed by atoms with van der Waals surface area (Å²) in [7, 11) is 3.93. The average molecular weight is 250 g/mol. The Labute approximate surface area is 106 Å². The van der Waals surface area contributed by atoms with Crippen LogP contribution < -0.4 is 5.32 Å². The highest BCUT2D eigenvalue weighted by Gasteiger charge is 2.14. The Bertz CT molecular complexity index is 426. The highest BCUT2D eigenvalue weighted by atomic mass is 16.4. The van der Waals surface area contributed by atoms with E-state index in [-0.39, 0.29) is 5.91 Å². The van der Waals surface area contributed by atoms with Gasteiger partial charge in [0.05, 0.1) is 0 Å². The number of nitrogens with one attached hydrogen (secondary N) is 1. The summed E-state index contributed by atoms with van der Waals surface area (Å²) in [5.41, 5.74) is 1.56. The number of aliphatic carboxylic acids is 1. The molecule has 0 fully saturated rings. The van der Waals surface area contributed by atoms with Gasteiger partial charge >= 0.3 is 5.97 Å². The fourth-order valence-corrected chi connectivity index (χ4v) is 1.47. The van der Waals surface area contributed by atoms with Crippen LogP contribution in [0.2, 0.25) is 0 Å². The monoisotopic (exact) mass is 250 g/mol. The van der Waals surface area contributed by atoms with Crippen LogP contribution in [-0.4, -0.2) is 42.0 Å². The molecule has 0 aromatic heterocycles. The molecular formula is C13H18N2O3. The molecule has 0 saturated carbocycles. The Morgan fingerprint density at radius 3 is 2.28 bits per heavy atom. The Morgan fingerprint density at radius 2 is 1.83 bits per heavy atom. The van der Waals surface area contributed by atoms with Crippen molar-refractivity contribution < 1.29 is 14.7 Å². The number of carboxylic acids is 1. The van der Waals surface area contributed by atoms with E-state index in [2.05, 4.69) is 5.32 Å². The second kappa shape index (κ2) is 6.16. The first-order valence-corrected chi connectivity index (χ1v) is 5.67. The summed E-state index contributed by atoms with van der Waals surface area (Å²) in [6.07, 6.45) is 0. The minimum atomic E-state index is -1.05. The smallest absolute Gasteiger partial charge is 0.325 e. The van der Waals surface area contributed by atoms with Crippen LogP contribution in [0.3, 0.4) is 0 Å². The van der Waals surface area contributed by atoms with Crippen molar-refractivity contribution in [3.63, 3.8) is 0 Å². The van der Waals surface area contributed by atoms with Crippen molar-refractivity contribution in [3.8, 4) is 0 Å². The Morgan fingerprint density at radius 1 is 1.28 bits per heavy atom. The first kappa shape index (κ1) is 14.2. The summed E-state index contributed by atoms with van der Waals surface area (Å²) in [6, 6.07) is 6.23. The van der Waals surface area contributed by atoms with Crippen molar-refractivity contribution in [2.24, 2.45) is 0 Å². The molecule has 1 amide bonds. The SMILES string of the molecule is C[C@H](NC(=O)c1ccc(CN(C)C)cc1)C(=O)O. The van der Waals surface area contributed by atoms with Crippen LogP contribution in [0.5, 0.6) is 0 Å². The molecule has 0 saturated heterocycles. The molecule has 0 bridgehead atoms. The molecule has 1 aromatic rings. The van der Waals surface area contributed by atoms with Crippen molar-refractivity contribution in [1.82, 2.24) is 10.2 Å². The summed E-state index contributed by atoms with van der Waals surface area (Å²) < 4.78 is 0. The number of carbonyl (C=O) groups excluding carboxylic acids is 1. The van der Waals surface area contributed by atoms with Crippen LogP contribution in [0.1, 0.15) is 22.8 Å². The third-order valence-corrected chi connectivity index (χ3v) is 2.43. The molecule has 1 aromatic carbocycles. The van der Waals surface area contributed by atoms with E-state index >= 15 is 0 Å². The third kappa shape index (κ3) is 4.18. The molecule has 2 N–H and O–H groups in total. The zero-order valence-corrected chi connectivity index (χ0v) is 10.8. The Hall–Kier alpha value is -1.88. The highest BCUT2D eigenvalue weighted by Crippen LogP contribution is 2.06. The van der Waals surface area contributed by atoms with Gasteiger partial charge in [-0.2, -0.15) is 0 Å². The first-order chi connectivity index (χ1) is 8.40. The molecule has 0 aliphatic carbocycles. The molecule has 0 spiro atoms. The lowest BCUT2D eigenvalue weighted by molar-refractivity contribution is -0.138. The fraction of sp³-hybridized carbons (Fsp3) is 0.385. The van der Waals surface area contributed by atoms with Crippen LogP contribution in [0.25, 0.3) is 0 Å². The lowest BCUT2D eigenvalue weighted by Crippen LogP contribution is -2.38.